The molecule has 16 unspecified atom stereocenters. The number of hydrogen-bond acceptors (Lipinski definition) is 18. The molecular formula is C44H57N13O14. The molecule has 4 aliphatic rings. The van der Waals surface area contributed by atoms with Gasteiger partial charge in [-0.05, 0) is 65.4 Å². The zero-order chi connectivity index (χ0) is 50.9. The third-order valence-electron chi connectivity index (χ3n) is 12.3. The van der Waals surface area contributed by atoms with E-state index in [0.717, 1.165) is 25.0 Å². The number of carbonyl (C=O) groups is 3. The molecule has 2 aromatic carbocycles. The molecule has 1 saturated carbocycles. The quantitative estimate of drug-likeness (QED) is 0.0446. The molecule has 1 aliphatic carbocycles. The highest BCUT2D eigenvalue weighted by molar-refractivity contribution is 5.68. The van der Waals surface area contributed by atoms with E-state index in [1.165, 1.54) is 7.11 Å². The van der Waals surface area contributed by atoms with Crippen LogP contribution in [0.3, 0.4) is 0 Å². The number of rotatable bonds is 21. The maximum absolute atomic E-state index is 13.7. The maximum atomic E-state index is 13.7. The molecule has 3 aliphatic heterocycles. The number of nitrogens with zero attached hydrogens (tertiary/aromatic N) is 13. The van der Waals surface area contributed by atoms with Gasteiger partial charge >= 0.3 is 18.0 Å². The summed E-state index contributed by atoms with van der Waals surface area (Å²) in [5.41, 5.74) is 39.8. The van der Waals surface area contributed by atoms with E-state index >= 15 is 0 Å². The van der Waals surface area contributed by atoms with Gasteiger partial charge in [-0.15, -0.1) is 0 Å². The lowest BCUT2D eigenvalue weighted by Crippen LogP contribution is -2.62. The van der Waals surface area contributed by atoms with E-state index in [4.69, 9.17) is 52.9 Å². The molecule has 0 radical (unpaired) electrons. The molecule has 382 valence electrons. The minimum Gasteiger partial charge on any atom is -0.458 e. The number of aliphatic hydroxyl groups excluding tert-OH is 1. The van der Waals surface area contributed by atoms with E-state index in [0.29, 0.717) is 19.3 Å². The summed E-state index contributed by atoms with van der Waals surface area (Å²) in [6.45, 7) is 3.89. The van der Waals surface area contributed by atoms with Crippen LogP contribution >= 0.6 is 0 Å². The van der Waals surface area contributed by atoms with E-state index in [1.54, 1.807) is 11.8 Å². The second-order valence-corrected chi connectivity index (χ2v) is 17.0. The van der Waals surface area contributed by atoms with Crippen molar-refractivity contribution in [1.29, 1.82) is 0 Å². The molecule has 1 amide bonds. The molecule has 1 N–H and O–H groups in total. The van der Waals surface area contributed by atoms with Crippen LogP contribution in [0.4, 0.5) is 4.79 Å². The predicted octanol–water partition coefficient (Wildman–Crippen LogP) is 6.73. The van der Waals surface area contributed by atoms with Crippen LogP contribution in [0.25, 0.3) is 41.8 Å². The van der Waals surface area contributed by atoms with Crippen LogP contribution in [0.15, 0.2) is 81.1 Å². The third kappa shape index (κ3) is 14.4. The van der Waals surface area contributed by atoms with E-state index in [9.17, 15) is 36.1 Å². The van der Waals surface area contributed by atoms with Crippen LogP contribution < -0.4 is 0 Å². The Morgan fingerprint density at radius 1 is 0.718 bits per heavy atom. The number of hydrogen-bond donors (Lipinski definition) is 1. The summed E-state index contributed by atoms with van der Waals surface area (Å²) in [7, 11) is 1.36. The lowest BCUT2D eigenvalue weighted by atomic mass is 9.84. The lowest BCUT2D eigenvalue weighted by Gasteiger charge is -2.46. The molecule has 4 fully saturated rings. The first kappa shape index (κ1) is 53.9. The van der Waals surface area contributed by atoms with E-state index in [2.05, 4.69) is 40.1 Å². The van der Waals surface area contributed by atoms with Crippen molar-refractivity contribution >= 4 is 18.0 Å². The van der Waals surface area contributed by atoms with Gasteiger partial charge in [-0.3, -0.25) is 9.59 Å². The molecule has 0 bridgehead atoms. The zero-order valence-corrected chi connectivity index (χ0v) is 39.4. The van der Waals surface area contributed by atoms with Crippen molar-refractivity contribution < 1.29 is 66.9 Å². The lowest BCUT2D eigenvalue weighted by molar-refractivity contribution is -0.290. The van der Waals surface area contributed by atoms with Crippen molar-refractivity contribution in [3.05, 3.63) is 114 Å². The summed E-state index contributed by atoms with van der Waals surface area (Å²) in [5, 5.41) is 27.3. The summed E-state index contributed by atoms with van der Waals surface area (Å²) in [6.07, 6.45) is -15.1. The number of ether oxygens (including phenoxy) is 10. The van der Waals surface area contributed by atoms with Gasteiger partial charge in [0.15, 0.2) is 31.1 Å². The summed E-state index contributed by atoms with van der Waals surface area (Å²) in [6, 6.07) is 15.2. The van der Waals surface area contributed by atoms with Gasteiger partial charge in [-0.25, -0.2) is 4.79 Å². The normalized spacial score (nSPS) is 32.3. The summed E-state index contributed by atoms with van der Waals surface area (Å²) in [5.74, 6) is -1.65. The van der Waals surface area contributed by atoms with Gasteiger partial charge in [0.25, 0.3) is 0 Å². The zero-order valence-electron chi connectivity index (χ0n) is 39.4. The van der Waals surface area contributed by atoms with Crippen LogP contribution in [0.1, 0.15) is 64.0 Å². The van der Waals surface area contributed by atoms with Gasteiger partial charge in [0.2, 0.25) is 0 Å². The average molecular weight is 992 g/mol. The van der Waals surface area contributed by atoms with Gasteiger partial charge in [-0.2, -0.15) is 0 Å². The molecule has 0 spiro atoms. The Hall–Kier alpha value is -6.43. The van der Waals surface area contributed by atoms with Crippen LogP contribution in [-0.4, -0.2) is 146 Å². The Morgan fingerprint density at radius 2 is 1.34 bits per heavy atom. The van der Waals surface area contributed by atoms with Gasteiger partial charge < -0.3 is 57.4 Å². The number of amides is 1. The second kappa shape index (κ2) is 26.7. The predicted molar refractivity (Wildman–Crippen MR) is 244 cm³/mol. The standard InChI is InChI=1S/C44H57N13O14/c1-5-31-38(70-42-34(52-56-48)40(65-25(3)59)39(64-24(2)58)32(68-42)20-49-53-45)35(60)43(67-31)71-41-36(62-4)29(50-54-46)19-30(51-55-47)37(41)69-33-18-12-17-28(66-33)22-57(21-26-13-8-6-9-14-26)44(61)63-23-27-15-10-7-11-16-27/h6-11,13-16,28-43,60H,5,12,17-23H2,1-4H3. The maximum Gasteiger partial charge on any atom is 0.410 e. The van der Waals surface area contributed by atoms with Gasteiger partial charge in [0.05, 0.1) is 49.6 Å². The molecule has 71 heavy (non-hydrogen) atoms. The van der Waals surface area contributed by atoms with Crippen molar-refractivity contribution in [3.8, 4) is 0 Å². The number of aliphatic hydroxyl groups is 1. The Morgan fingerprint density at radius 3 is 1.96 bits per heavy atom. The highest BCUT2D eigenvalue weighted by Gasteiger charge is 2.56. The summed E-state index contributed by atoms with van der Waals surface area (Å²) in [4.78, 5) is 51.4. The number of methoxy groups -OCH3 is 1. The van der Waals surface area contributed by atoms with E-state index in [-0.39, 0.29) is 32.5 Å². The topological polar surface area (TPSA) is 362 Å². The van der Waals surface area contributed by atoms with Gasteiger partial charge in [0, 0.05) is 47.1 Å². The van der Waals surface area contributed by atoms with Crippen molar-refractivity contribution in [2.75, 3.05) is 20.2 Å². The van der Waals surface area contributed by atoms with Crippen molar-refractivity contribution in [3.63, 3.8) is 0 Å². The third-order valence-corrected chi connectivity index (χ3v) is 12.3. The molecule has 2 aromatic rings. The fourth-order valence-electron chi connectivity index (χ4n) is 9.18. The smallest absolute Gasteiger partial charge is 0.410 e. The number of benzene rings is 2. The number of esters is 2. The SMILES string of the molecule is CCC1OC(OC2C(OC)C(N=[N+]=[N-])CC(N=[N+]=[N-])C2OC2CCCC(CN(Cc3ccccc3)C(=O)OCc3ccccc3)O2)C(O)C1OC1OC(CN=[N+]=[N-])C(OC(C)=O)C(OC(C)=O)C1N=[N+]=[N-]. The molecule has 3 saturated heterocycles. The minimum absolute atomic E-state index is 0.0303. The van der Waals surface area contributed by atoms with Crippen LogP contribution in [0.5, 0.6) is 0 Å². The summed E-state index contributed by atoms with van der Waals surface area (Å²) >= 11 is 0. The molecule has 27 heteroatoms. The van der Waals surface area contributed by atoms with Crippen LogP contribution in [-0.2, 0) is 70.1 Å². The Bertz CT molecular complexity index is 2290. The first-order valence-corrected chi connectivity index (χ1v) is 23.0. The largest absolute Gasteiger partial charge is 0.458 e. The molecule has 0 aromatic heterocycles. The van der Waals surface area contributed by atoms with Crippen molar-refractivity contribution in [2.45, 2.75) is 164 Å². The Balaban J connectivity index is 1.24. The Labute approximate surface area is 407 Å². The Kier molecular flexibility index (Phi) is 20.3. The van der Waals surface area contributed by atoms with Crippen molar-refractivity contribution in [1.82, 2.24) is 4.90 Å². The number of carbonyl (C=O) groups excluding carboxylic acids is 3. The summed E-state index contributed by atoms with van der Waals surface area (Å²) < 4.78 is 61.0. The minimum atomic E-state index is -1.66. The fourth-order valence-corrected chi connectivity index (χ4v) is 9.18. The molecule has 3 heterocycles. The van der Waals surface area contributed by atoms with E-state index in [1.807, 2.05) is 60.7 Å². The average Bonchev–Trinajstić information content (AvgIpc) is 3.65. The molecule has 27 nitrogen and oxygen atoms in total. The highest BCUT2D eigenvalue weighted by Crippen LogP contribution is 2.39. The molecular weight excluding hydrogens is 935 g/mol. The monoisotopic (exact) mass is 991 g/mol. The van der Waals surface area contributed by atoms with Crippen molar-refractivity contribution in [2.24, 2.45) is 20.5 Å². The highest BCUT2D eigenvalue weighted by atomic mass is 16.8. The number of azide groups is 4. The van der Waals surface area contributed by atoms with E-state index < -0.39 is 123 Å². The molecule has 16 atom stereocenters. The molecule has 6 rings (SSSR count). The second-order valence-electron chi connectivity index (χ2n) is 17.0. The van der Waals surface area contributed by atoms with Crippen LogP contribution in [0, 0.1) is 0 Å². The first-order valence-electron chi connectivity index (χ1n) is 23.0. The van der Waals surface area contributed by atoms with Crippen LogP contribution in [0.2, 0.25) is 0 Å². The van der Waals surface area contributed by atoms with Gasteiger partial charge in [0.1, 0.15) is 37.1 Å². The first-order chi connectivity index (χ1) is 34.4. The van der Waals surface area contributed by atoms with Gasteiger partial charge in [-0.1, -0.05) is 88.0 Å². The fraction of sp³-hybridized carbons (Fsp3) is 0.659.